The largest absolute Gasteiger partial charge is 0.381 e. The SMILES string of the molecule is O=C(Nc1ccc2c(c1)CCC2)C1CCOCC1. The van der Waals surface area contributed by atoms with Crippen molar-refractivity contribution in [2.24, 2.45) is 5.92 Å². The topological polar surface area (TPSA) is 38.3 Å². The lowest BCUT2D eigenvalue weighted by Crippen LogP contribution is -2.28. The minimum absolute atomic E-state index is 0.118. The molecule has 0 radical (unpaired) electrons. The number of amides is 1. The third kappa shape index (κ3) is 2.41. The summed E-state index contributed by atoms with van der Waals surface area (Å²) >= 11 is 0. The Morgan fingerprint density at radius 2 is 1.94 bits per heavy atom. The molecule has 0 spiro atoms. The number of rotatable bonds is 2. The molecule has 1 heterocycles. The number of hydrogen-bond acceptors (Lipinski definition) is 2. The first-order valence-corrected chi connectivity index (χ1v) is 6.83. The van der Waals surface area contributed by atoms with Crippen molar-refractivity contribution in [2.45, 2.75) is 32.1 Å². The van der Waals surface area contributed by atoms with Crippen molar-refractivity contribution in [2.75, 3.05) is 18.5 Å². The van der Waals surface area contributed by atoms with Gasteiger partial charge in [-0.3, -0.25) is 4.79 Å². The first kappa shape index (κ1) is 11.7. The summed E-state index contributed by atoms with van der Waals surface area (Å²) in [6.45, 7) is 1.42. The van der Waals surface area contributed by atoms with Gasteiger partial charge in [-0.1, -0.05) is 6.07 Å². The summed E-state index contributed by atoms with van der Waals surface area (Å²) in [5, 5.41) is 3.05. The zero-order valence-corrected chi connectivity index (χ0v) is 10.6. The van der Waals surface area contributed by atoms with Crippen molar-refractivity contribution in [1.29, 1.82) is 0 Å². The lowest BCUT2D eigenvalue weighted by atomic mass is 9.99. The van der Waals surface area contributed by atoms with Crippen LogP contribution in [0.5, 0.6) is 0 Å². The fraction of sp³-hybridized carbons (Fsp3) is 0.533. The smallest absolute Gasteiger partial charge is 0.227 e. The van der Waals surface area contributed by atoms with E-state index in [1.54, 1.807) is 0 Å². The Morgan fingerprint density at radius 3 is 2.78 bits per heavy atom. The van der Waals surface area contributed by atoms with E-state index >= 15 is 0 Å². The fourth-order valence-electron chi connectivity index (χ4n) is 2.85. The van der Waals surface area contributed by atoms with E-state index in [1.807, 2.05) is 6.07 Å². The molecule has 3 nitrogen and oxygen atoms in total. The average Bonchev–Trinajstić information content (AvgIpc) is 2.87. The average molecular weight is 245 g/mol. The molecule has 1 amide bonds. The number of hydrogen-bond donors (Lipinski definition) is 1. The van der Waals surface area contributed by atoms with E-state index in [4.69, 9.17) is 4.74 Å². The molecule has 3 heteroatoms. The zero-order valence-electron chi connectivity index (χ0n) is 10.6. The molecule has 0 atom stereocenters. The van der Waals surface area contributed by atoms with Gasteiger partial charge in [0.1, 0.15) is 0 Å². The first-order valence-electron chi connectivity index (χ1n) is 6.83. The Bertz CT molecular complexity index is 450. The van der Waals surface area contributed by atoms with Gasteiger partial charge in [-0.2, -0.15) is 0 Å². The van der Waals surface area contributed by atoms with Gasteiger partial charge >= 0.3 is 0 Å². The van der Waals surface area contributed by atoms with Crippen molar-refractivity contribution < 1.29 is 9.53 Å². The van der Waals surface area contributed by atoms with Crippen molar-refractivity contribution in [3.63, 3.8) is 0 Å². The van der Waals surface area contributed by atoms with E-state index in [0.29, 0.717) is 13.2 Å². The molecule has 0 saturated carbocycles. The Hall–Kier alpha value is -1.35. The van der Waals surface area contributed by atoms with E-state index in [-0.39, 0.29) is 11.8 Å². The van der Waals surface area contributed by atoms with Crippen molar-refractivity contribution in [3.05, 3.63) is 29.3 Å². The maximum atomic E-state index is 12.1. The molecule has 1 saturated heterocycles. The fourth-order valence-corrected chi connectivity index (χ4v) is 2.85. The second kappa shape index (κ2) is 5.11. The summed E-state index contributed by atoms with van der Waals surface area (Å²) in [4.78, 5) is 12.1. The zero-order chi connectivity index (χ0) is 12.4. The molecule has 18 heavy (non-hydrogen) atoms. The van der Waals surface area contributed by atoms with Crippen molar-refractivity contribution in [1.82, 2.24) is 0 Å². The van der Waals surface area contributed by atoms with Crippen LogP contribution in [-0.2, 0) is 22.4 Å². The van der Waals surface area contributed by atoms with E-state index in [9.17, 15) is 4.79 Å². The molecule has 0 aromatic heterocycles. The summed E-state index contributed by atoms with van der Waals surface area (Å²) in [5.41, 5.74) is 3.80. The number of carbonyl (C=O) groups excluding carboxylic acids is 1. The number of carbonyl (C=O) groups is 1. The van der Waals surface area contributed by atoms with Gasteiger partial charge in [-0.15, -0.1) is 0 Å². The summed E-state index contributed by atoms with van der Waals surface area (Å²) in [6, 6.07) is 6.32. The Labute approximate surface area is 108 Å². The monoisotopic (exact) mass is 245 g/mol. The molecule has 1 aromatic carbocycles. The summed E-state index contributed by atoms with van der Waals surface area (Å²) in [6.07, 6.45) is 5.26. The van der Waals surface area contributed by atoms with Crippen LogP contribution in [0.1, 0.15) is 30.4 Å². The summed E-state index contributed by atoms with van der Waals surface area (Å²) in [5.74, 6) is 0.267. The van der Waals surface area contributed by atoms with Crippen LogP contribution in [0.3, 0.4) is 0 Å². The number of ether oxygens (including phenoxy) is 1. The normalized spacial score (nSPS) is 19.6. The predicted molar refractivity (Wildman–Crippen MR) is 70.6 cm³/mol. The molecule has 1 aliphatic carbocycles. The molecule has 0 unspecified atom stereocenters. The third-order valence-corrected chi connectivity index (χ3v) is 3.96. The van der Waals surface area contributed by atoms with Crippen LogP contribution < -0.4 is 5.32 Å². The highest BCUT2D eigenvalue weighted by atomic mass is 16.5. The highest BCUT2D eigenvalue weighted by Gasteiger charge is 2.21. The van der Waals surface area contributed by atoms with Crippen LogP contribution in [0.4, 0.5) is 5.69 Å². The number of anilines is 1. The number of fused-ring (bicyclic) bond motifs is 1. The van der Waals surface area contributed by atoms with Gasteiger partial charge in [-0.25, -0.2) is 0 Å². The maximum Gasteiger partial charge on any atom is 0.227 e. The van der Waals surface area contributed by atoms with Gasteiger partial charge in [0, 0.05) is 24.8 Å². The van der Waals surface area contributed by atoms with Gasteiger partial charge in [0.15, 0.2) is 0 Å². The minimum atomic E-state index is 0.118. The highest BCUT2D eigenvalue weighted by Crippen LogP contribution is 2.25. The van der Waals surface area contributed by atoms with E-state index in [0.717, 1.165) is 24.9 Å². The molecule has 1 N–H and O–H groups in total. The van der Waals surface area contributed by atoms with E-state index in [1.165, 1.54) is 24.0 Å². The molecule has 3 rings (SSSR count). The van der Waals surface area contributed by atoms with Crippen LogP contribution in [0.25, 0.3) is 0 Å². The Kier molecular flexibility index (Phi) is 3.33. The van der Waals surface area contributed by atoms with Crippen LogP contribution >= 0.6 is 0 Å². The summed E-state index contributed by atoms with van der Waals surface area (Å²) < 4.78 is 5.28. The Balaban J connectivity index is 1.66. The molecule has 0 bridgehead atoms. The van der Waals surface area contributed by atoms with Gasteiger partial charge < -0.3 is 10.1 Å². The molecular weight excluding hydrogens is 226 g/mol. The van der Waals surface area contributed by atoms with Crippen molar-refractivity contribution >= 4 is 11.6 Å². The lowest BCUT2D eigenvalue weighted by molar-refractivity contribution is -0.122. The van der Waals surface area contributed by atoms with Gasteiger partial charge in [-0.05, 0) is 55.4 Å². The van der Waals surface area contributed by atoms with Crippen LogP contribution in [-0.4, -0.2) is 19.1 Å². The first-order chi connectivity index (χ1) is 8.83. The van der Waals surface area contributed by atoms with Crippen LogP contribution in [0, 0.1) is 5.92 Å². The highest BCUT2D eigenvalue weighted by molar-refractivity contribution is 5.92. The molecule has 1 fully saturated rings. The quantitative estimate of drug-likeness (QED) is 0.869. The standard InChI is InChI=1S/C15H19NO2/c17-15(12-6-8-18-9-7-12)16-14-5-4-11-2-1-3-13(11)10-14/h4-5,10,12H,1-3,6-9H2,(H,16,17). The van der Waals surface area contributed by atoms with Crippen LogP contribution in [0.2, 0.25) is 0 Å². The van der Waals surface area contributed by atoms with Crippen LogP contribution in [0.15, 0.2) is 18.2 Å². The third-order valence-electron chi connectivity index (χ3n) is 3.96. The maximum absolute atomic E-state index is 12.1. The predicted octanol–water partition coefficient (Wildman–Crippen LogP) is 2.54. The molecule has 1 aromatic rings. The molecule has 96 valence electrons. The van der Waals surface area contributed by atoms with Crippen molar-refractivity contribution in [3.8, 4) is 0 Å². The van der Waals surface area contributed by atoms with Gasteiger partial charge in [0.2, 0.25) is 5.91 Å². The number of aryl methyl sites for hydroxylation is 2. The van der Waals surface area contributed by atoms with Gasteiger partial charge in [0.25, 0.3) is 0 Å². The Morgan fingerprint density at radius 1 is 1.17 bits per heavy atom. The minimum Gasteiger partial charge on any atom is -0.381 e. The van der Waals surface area contributed by atoms with E-state index in [2.05, 4.69) is 17.4 Å². The van der Waals surface area contributed by atoms with Gasteiger partial charge in [0.05, 0.1) is 0 Å². The molecule has 1 aliphatic heterocycles. The van der Waals surface area contributed by atoms with E-state index < -0.39 is 0 Å². The molecule has 2 aliphatic rings. The number of benzene rings is 1. The number of nitrogens with one attached hydrogen (secondary N) is 1. The lowest BCUT2D eigenvalue weighted by Gasteiger charge is -2.21. The molecular formula is C15H19NO2. The second-order valence-corrected chi connectivity index (χ2v) is 5.21. The summed E-state index contributed by atoms with van der Waals surface area (Å²) in [7, 11) is 0. The second-order valence-electron chi connectivity index (χ2n) is 5.21.